The molecule has 3 nitrogen and oxygen atoms in total. The molecule has 0 fully saturated rings. The monoisotopic (exact) mass is 294 g/mol. The first kappa shape index (κ1) is 14.9. The summed E-state index contributed by atoms with van der Waals surface area (Å²) in [5.74, 6) is -0.523. The molecule has 20 heavy (non-hydrogen) atoms. The molecule has 0 aliphatic rings. The van der Waals surface area contributed by atoms with E-state index in [1.807, 2.05) is 19.1 Å². The van der Waals surface area contributed by atoms with Crippen LogP contribution in [0.2, 0.25) is 5.02 Å². The van der Waals surface area contributed by atoms with Gasteiger partial charge in [-0.05, 0) is 42.3 Å². The molecule has 0 saturated heterocycles. The zero-order chi connectivity index (χ0) is 14.5. The predicted molar refractivity (Wildman–Crippen MR) is 77.0 cm³/mol. The lowest BCUT2D eigenvalue weighted by atomic mass is 10.1. The maximum Gasteiger partial charge on any atom is 0.142 e. The average molecular weight is 295 g/mol. The third-order valence-electron chi connectivity index (χ3n) is 3.15. The smallest absolute Gasteiger partial charge is 0.142 e. The molecule has 0 aliphatic heterocycles. The zero-order valence-electron chi connectivity index (χ0n) is 11.1. The summed E-state index contributed by atoms with van der Waals surface area (Å²) in [5, 5.41) is 13.3. The number of hydrogen-bond donors (Lipinski definition) is 2. The lowest BCUT2D eigenvalue weighted by molar-refractivity contribution is 0.170. The third kappa shape index (κ3) is 3.76. The summed E-state index contributed by atoms with van der Waals surface area (Å²) < 4.78 is 13.3. The minimum atomic E-state index is -0.786. The molecule has 0 saturated carbocycles. The van der Waals surface area contributed by atoms with Crippen molar-refractivity contribution in [2.75, 3.05) is 6.54 Å². The van der Waals surface area contributed by atoms with Gasteiger partial charge in [0.25, 0.3) is 0 Å². The Bertz CT molecular complexity index is 565. The standard InChI is InChI=1S/C15H16ClFN2O/c1-10(11-4-6-18-7-5-11)19-9-15(20)12-2-3-13(16)14(17)8-12/h2-8,10,15,19-20H,9H2,1H3. The summed E-state index contributed by atoms with van der Waals surface area (Å²) in [7, 11) is 0. The van der Waals surface area contributed by atoms with Crippen LogP contribution in [0.5, 0.6) is 0 Å². The van der Waals surface area contributed by atoms with Crippen molar-refractivity contribution >= 4 is 11.6 Å². The molecule has 1 aromatic heterocycles. The van der Waals surface area contributed by atoms with Crippen molar-refractivity contribution in [1.29, 1.82) is 0 Å². The van der Waals surface area contributed by atoms with Crippen molar-refractivity contribution in [3.63, 3.8) is 0 Å². The highest BCUT2D eigenvalue weighted by atomic mass is 35.5. The van der Waals surface area contributed by atoms with E-state index in [-0.39, 0.29) is 11.1 Å². The molecule has 1 heterocycles. The van der Waals surface area contributed by atoms with Crippen molar-refractivity contribution in [3.8, 4) is 0 Å². The Balaban J connectivity index is 1.95. The molecule has 0 aliphatic carbocycles. The van der Waals surface area contributed by atoms with Crippen molar-refractivity contribution < 1.29 is 9.50 Å². The number of aliphatic hydroxyl groups excluding tert-OH is 1. The van der Waals surface area contributed by atoms with E-state index in [2.05, 4.69) is 10.3 Å². The Kier molecular flexibility index (Phi) is 5.06. The molecular formula is C15H16ClFN2O. The second-order valence-corrected chi connectivity index (χ2v) is 5.01. The van der Waals surface area contributed by atoms with E-state index >= 15 is 0 Å². The third-order valence-corrected chi connectivity index (χ3v) is 3.46. The number of benzene rings is 1. The summed E-state index contributed by atoms with van der Waals surface area (Å²) in [6, 6.07) is 8.21. The fraction of sp³-hybridized carbons (Fsp3) is 0.267. The van der Waals surface area contributed by atoms with Gasteiger partial charge in [0, 0.05) is 25.0 Å². The minimum Gasteiger partial charge on any atom is -0.387 e. The molecule has 0 spiro atoms. The molecule has 2 unspecified atom stereocenters. The van der Waals surface area contributed by atoms with Crippen LogP contribution in [0.4, 0.5) is 4.39 Å². The van der Waals surface area contributed by atoms with Crippen LogP contribution in [0.3, 0.4) is 0 Å². The van der Waals surface area contributed by atoms with Gasteiger partial charge in [0.05, 0.1) is 11.1 Å². The second kappa shape index (κ2) is 6.79. The van der Waals surface area contributed by atoms with E-state index in [1.54, 1.807) is 18.5 Å². The highest BCUT2D eigenvalue weighted by molar-refractivity contribution is 6.30. The van der Waals surface area contributed by atoms with Gasteiger partial charge in [0.15, 0.2) is 0 Å². The summed E-state index contributed by atoms with van der Waals surface area (Å²) >= 11 is 5.61. The molecule has 0 radical (unpaired) electrons. The molecule has 2 rings (SSSR count). The van der Waals surface area contributed by atoms with Gasteiger partial charge in [-0.3, -0.25) is 4.98 Å². The average Bonchev–Trinajstić information content (AvgIpc) is 2.48. The highest BCUT2D eigenvalue weighted by Gasteiger charge is 2.12. The van der Waals surface area contributed by atoms with E-state index < -0.39 is 11.9 Å². The molecule has 5 heteroatoms. The molecule has 1 aromatic carbocycles. The maximum absolute atomic E-state index is 13.3. The summed E-state index contributed by atoms with van der Waals surface area (Å²) in [4.78, 5) is 3.96. The van der Waals surface area contributed by atoms with Crippen molar-refractivity contribution in [1.82, 2.24) is 10.3 Å². The first-order valence-corrected chi connectivity index (χ1v) is 6.72. The first-order chi connectivity index (χ1) is 9.58. The van der Waals surface area contributed by atoms with Crippen molar-refractivity contribution in [2.45, 2.75) is 19.1 Å². The van der Waals surface area contributed by atoms with Crippen LogP contribution < -0.4 is 5.32 Å². The van der Waals surface area contributed by atoms with Gasteiger partial charge < -0.3 is 10.4 Å². The highest BCUT2D eigenvalue weighted by Crippen LogP contribution is 2.20. The van der Waals surface area contributed by atoms with Crippen LogP contribution in [-0.4, -0.2) is 16.6 Å². The quantitative estimate of drug-likeness (QED) is 0.890. The van der Waals surface area contributed by atoms with E-state index in [1.165, 1.54) is 12.1 Å². The number of hydrogen-bond acceptors (Lipinski definition) is 3. The van der Waals surface area contributed by atoms with E-state index in [9.17, 15) is 9.50 Å². The predicted octanol–water partition coefficient (Wildman–Crippen LogP) is 3.26. The van der Waals surface area contributed by atoms with Gasteiger partial charge in [0.1, 0.15) is 5.82 Å². The Morgan fingerprint density at radius 2 is 1.95 bits per heavy atom. The van der Waals surface area contributed by atoms with Gasteiger partial charge in [-0.1, -0.05) is 17.7 Å². The molecular weight excluding hydrogens is 279 g/mol. The molecule has 0 bridgehead atoms. The zero-order valence-corrected chi connectivity index (χ0v) is 11.8. The van der Waals surface area contributed by atoms with Crippen LogP contribution in [-0.2, 0) is 0 Å². The number of aromatic nitrogens is 1. The van der Waals surface area contributed by atoms with E-state index in [0.29, 0.717) is 12.1 Å². The molecule has 2 aromatic rings. The van der Waals surface area contributed by atoms with Crippen LogP contribution in [0.15, 0.2) is 42.7 Å². The molecule has 2 N–H and O–H groups in total. The van der Waals surface area contributed by atoms with E-state index in [4.69, 9.17) is 11.6 Å². The Hall–Kier alpha value is -1.49. The van der Waals surface area contributed by atoms with Gasteiger partial charge in [-0.2, -0.15) is 0 Å². The number of nitrogens with one attached hydrogen (secondary N) is 1. The van der Waals surface area contributed by atoms with Crippen molar-refractivity contribution in [3.05, 3.63) is 64.7 Å². The van der Waals surface area contributed by atoms with Crippen LogP contribution in [0.25, 0.3) is 0 Å². The summed E-state index contributed by atoms with van der Waals surface area (Å²) in [6.45, 7) is 2.31. The van der Waals surface area contributed by atoms with Crippen LogP contribution in [0.1, 0.15) is 30.2 Å². The Morgan fingerprint density at radius 1 is 1.25 bits per heavy atom. The SMILES string of the molecule is CC(NCC(O)c1ccc(Cl)c(F)c1)c1ccncc1. The van der Waals surface area contributed by atoms with Gasteiger partial charge in [-0.15, -0.1) is 0 Å². The van der Waals surface area contributed by atoms with Gasteiger partial charge in [-0.25, -0.2) is 4.39 Å². The van der Waals surface area contributed by atoms with Crippen LogP contribution in [0, 0.1) is 5.82 Å². The topological polar surface area (TPSA) is 45.1 Å². The maximum atomic E-state index is 13.3. The summed E-state index contributed by atoms with van der Waals surface area (Å²) in [6.07, 6.45) is 2.66. The number of rotatable bonds is 5. The number of aliphatic hydroxyl groups is 1. The van der Waals surface area contributed by atoms with Crippen LogP contribution >= 0.6 is 11.6 Å². The fourth-order valence-electron chi connectivity index (χ4n) is 1.90. The number of pyridine rings is 1. The first-order valence-electron chi connectivity index (χ1n) is 6.34. The minimum absolute atomic E-state index is 0.0547. The molecule has 2 atom stereocenters. The Labute approximate surface area is 122 Å². The lowest BCUT2D eigenvalue weighted by Crippen LogP contribution is -2.24. The van der Waals surface area contributed by atoms with Gasteiger partial charge in [0.2, 0.25) is 0 Å². The molecule has 106 valence electrons. The summed E-state index contributed by atoms with van der Waals surface area (Å²) in [5.41, 5.74) is 1.58. The number of halogens is 2. The Morgan fingerprint density at radius 3 is 2.60 bits per heavy atom. The normalized spacial score (nSPS) is 14.0. The lowest BCUT2D eigenvalue weighted by Gasteiger charge is -2.17. The van der Waals surface area contributed by atoms with Crippen molar-refractivity contribution in [2.24, 2.45) is 0 Å². The largest absolute Gasteiger partial charge is 0.387 e. The number of nitrogens with zero attached hydrogens (tertiary/aromatic N) is 1. The fourth-order valence-corrected chi connectivity index (χ4v) is 2.01. The van der Waals surface area contributed by atoms with E-state index in [0.717, 1.165) is 5.56 Å². The van der Waals surface area contributed by atoms with Gasteiger partial charge >= 0.3 is 0 Å². The molecule has 0 amide bonds. The second-order valence-electron chi connectivity index (χ2n) is 4.60.